The topological polar surface area (TPSA) is 60.4 Å². The molecule has 0 aliphatic carbocycles. The molecule has 0 heterocycles. The van der Waals surface area contributed by atoms with E-state index in [1.54, 1.807) is 0 Å². The Hall–Kier alpha value is 0.150. The summed E-state index contributed by atoms with van der Waals surface area (Å²) < 4.78 is 9.97. The zero-order valence-electron chi connectivity index (χ0n) is 4.83. The summed E-state index contributed by atoms with van der Waals surface area (Å²) in [7, 11) is -3.93. The molecule has 0 aliphatic rings. The molecule has 0 radical (unpaired) electrons. The highest BCUT2D eigenvalue weighted by atomic mass is 31.2. The average Bonchev–Trinajstić information content (AvgIpc) is 1.59. The van der Waals surface area contributed by atoms with Gasteiger partial charge in [0.15, 0.2) is 0 Å². The Morgan fingerprint density at radius 3 is 2.38 bits per heavy atom. The van der Waals surface area contributed by atoms with E-state index >= 15 is 0 Å². The van der Waals surface area contributed by atoms with Crippen LogP contribution >= 0.6 is 7.60 Å². The number of unbranched alkanes of at least 4 members (excludes halogenated alkanes) is 1. The standard InChI is InChI=1S/C4H11O3P/c1-2-3-4-8(5,6)7/h2-4H2,1H3,(H2,5,6,7)/p-1. The Morgan fingerprint density at radius 1 is 1.75 bits per heavy atom. The summed E-state index contributed by atoms with van der Waals surface area (Å²) in [6.45, 7) is 1.87. The van der Waals surface area contributed by atoms with Crippen LogP contribution in [0.15, 0.2) is 0 Å². The van der Waals surface area contributed by atoms with Gasteiger partial charge in [0, 0.05) is 6.16 Å². The molecule has 0 saturated heterocycles. The molecule has 1 N–H and O–H groups in total. The zero-order chi connectivity index (χ0) is 6.62. The van der Waals surface area contributed by atoms with E-state index in [2.05, 4.69) is 0 Å². The molecule has 3 nitrogen and oxygen atoms in total. The fraction of sp³-hybridized carbons (Fsp3) is 1.00. The summed E-state index contributed by atoms with van der Waals surface area (Å²) in [5.41, 5.74) is 0. The molecule has 0 aliphatic heterocycles. The van der Waals surface area contributed by atoms with Crippen LogP contribution in [0, 0.1) is 0 Å². The molecule has 0 saturated carbocycles. The van der Waals surface area contributed by atoms with Gasteiger partial charge in [-0.1, -0.05) is 13.3 Å². The van der Waals surface area contributed by atoms with E-state index in [4.69, 9.17) is 4.89 Å². The van der Waals surface area contributed by atoms with E-state index in [1.807, 2.05) is 6.92 Å². The average molecular weight is 137 g/mol. The van der Waals surface area contributed by atoms with E-state index in [-0.39, 0.29) is 6.16 Å². The molecule has 4 heteroatoms. The van der Waals surface area contributed by atoms with E-state index in [9.17, 15) is 9.46 Å². The monoisotopic (exact) mass is 137 g/mol. The smallest absolute Gasteiger partial charge is 0.132 e. The van der Waals surface area contributed by atoms with Gasteiger partial charge in [0.1, 0.15) is 7.60 Å². The minimum atomic E-state index is -3.93. The Bertz CT molecular complexity index is 95.5. The largest absolute Gasteiger partial charge is 0.779 e. The number of rotatable bonds is 3. The van der Waals surface area contributed by atoms with Crippen LogP contribution in [-0.2, 0) is 4.57 Å². The van der Waals surface area contributed by atoms with E-state index in [0.717, 1.165) is 6.42 Å². The summed E-state index contributed by atoms with van der Waals surface area (Å²) in [6, 6.07) is 0. The minimum Gasteiger partial charge on any atom is -0.779 e. The predicted octanol–water partition coefficient (Wildman–Crippen LogP) is 0.332. The zero-order valence-corrected chi connectivity index (χ0v) is 5.73. The first kappa shape index (κ1) is 8.15. The third-order valence-corrected chi connectivity index (χ3v) is 1.68. The van der Waals surface area contributed by atoms with Gasteiger partial charge in [-0.05, 0) is 6.42 Å². The second kappa shape index (κ2) is 3.23. The van der Waals surface area contributed by atoms with E-state index in [1.165, 1.54) is 0 Å². The maximum Gasteiger partial charge on any atom is 0.132 e. The van der Waals surface area contributed by atoms with Crippen molar-refractivity contribution in [1.82, 2.24) is 0 Å². The minimum absolute atomic E-state index is 0.0799. The summed E-state index contributed by atoms with van der Waals surface area (Å²) in [5.74, 6) is 0. The maximum atomic E-state index is 9.97. The molecule has 0 fully saturated rings. The van der Waals surface area contributed by atoms with E-state index < -0.39 is 7.60 Å². The molecule has 0 aromatic carbocycles. The third kappa shape index (κ3) is 6.15. The number of hydrogen-bond acceptors (Lipinski definition) is 2. The maximum absolute atomic E-state index is 9.97. The van der Waals surface area contributed by atoms with Gasteiger partial charge >= 0.3 is 0 Å². The summed E-state index contributed by atoms with van der Waals surface area (Å²) in [5, 5.41) is 0. The van der Waals surface area contributed by atoms with Crippen molar-refractivity contribution in [2.45, 2.75) is 19.8 Å². The summed E-state index contributed by atoms with van der Waals surface area (Å²) in [6.07, 6.45) is 1.27. The van der Waals surface area contributed by atoms with Crippen molar-refractivity contribution < 1.29 is 14.4 Å². The number of hydrogen-bond donors (Lipinski definition) is 1. The normalized spacial score (nSPS) is 17.9. The lowest BCUT2D eigenvalue weighted by Gasteiger charge is -2.13. The fourth-order valence-electron chi connectivity index (χ4n) is 0.358. The van der Waals surface area contributed by atoms with Crippen molar-refractivity contribution in [2.75, 3.05) is 6.16 Å². The lowest BCUT2D eigenvalue weighted by Crippen LogP contribution is -2.02. The molecule has 8 heavy (non-hydrogen) atoms. The highest BCUT2D eigenvalue weighted by Crippen LogP contribution is 2.29. The van der Waals surface area contributed by atoms with Crippen LogP contribution in [0.2, 0.25) is 0 Å². The Labute approximate surface area is 48.9 Å². The molecule has 0 aromatic rings. The molecule has 0 spiro atoms. The van der Waals surface area contributed by atoms with Gasteiger partial charge in [0.25, 0.3) is 0 Å². The molecule has 0 bridgehead atoms. The van der Waals surface area contributed by atoms with Gasteiger partial charge in [-0.2, -0.15) is 0 Å². The molecule has 50 valence electrons. The SMILES string of the molecule is CCCCP(=O)([O-])O. The first-order chi connectivity index (χ1) is 3.56. The second-order valence-corrected chi connectivity index (χ2v) is 3.44. The fourth-order valence-corrected chi connectivity index (χ4v) is 1.07. The van der Waals surface area contributed by atoms with Crippen LogP contribution in [0.3, 0.4) is 0 Å². The van der Waals surface area contributed by atoms with Gasteiger partial charge in [-0.15, -0.1) is 0 Å². The Balaban J connectivity index is 3.26. The first-order valence-electron chi connectivity index (χ1n) is 2.59. The predicted molar refractivity (Wildman–Crippen MR) is 29.6 cm³/mol. The van der Waals surface area contributed by atoms with Crippen LogP contribution in [-0.4, -0.2) is 11.1 Å². The van der Waals surface area contributed by atoms with E-state index in [0.29, 0.717) is 6.42 Å². The molecule has 0 amide bonds. The highest BCUT2D eigenvalue weighted by Gasteiger charge is 1.97. The molecular formula is C4H10O3P-. The van der Waals surface area contributed by atoms with Crippen LogP contribution in [0.1, 0.15) is 19.8 Å². The van der Waals surface area contributed by atoms with Crippen molar-refractivity contribution in [2.24, 2.45) is 0 Å². The van der Waals surface area contributed by atoms with Crippen molar-refractivity contribution in [3.8, 4) is 0 Å². The van der Waals surface area contributed by atoms with Gasteiger partial charge in [-0.3, -0.25) is 0 Å². The second-order valence-electron chi connectivity index (χ2n) is 1.71. The van der Waals surface area contributed by atoms with Gasteiger partial charge in [0.05, 0.1) is 0 Å². The Kier molecular flexibility index (Phi) is 3.29. The van der Waals surface area contributed by atoms with Crippen LogP contribution in [0.4, 0.5) is 0 Å². The highest BCUT2D eigenvalue weighted by molar-refractivity contribution is 7.50. The van der Waals surface area contributed by atoms with Crippen LogP contribution in [0.25, 0.3) is 0 Å². The molecule has 1 atom stereocenters. The Morgan fingerprint density at radius 2 is 2.25 bits per heavy atom. The molecular weight excluding hydrogens is 127 g/mol. The van der Waals surface area contributed by atoms with Crippen molar-refractivity contribution in [1.29, 1.82) is 0 Å². The molecule has 1 unspecified atom stereocenters. The van der Waals surface area contributed by atoms with Gasteiger partial charge in [-0.25, -0.2) is 0 Å². The first-order valence-corrected chi connectivity index (χ1v) is 4.35. The van der Waals surface area contributed by atoms with Gasteiger partial charge < -0.3 is 14.4 Å². The van der Waals surface area contributed by atoms with Gasteiger partial charge in [0.2, 0.25) is 0 Å². The summed E-state index contributed by atoms with van der Waals surface area (Å²) >= 11 is 0. The molecule has 0 rings (SSSR count). The lowest BCUT2D eigenvalue weighted by atomic mass is 10.4. The van der Waals surface area contributed by atoms with Crippen molar-refractivity contribution in [3.05, 3.63) is 0 Å². The summed E-state index contributed by atoms with van der Waals surface area (Å²) in [4.78, 5) is 18.1. The molecule has 0 aromatic heterocycles. The van der Waals surface area contributed by atoms with Crippen molar-refractivity contribution >= 4 is 7.60 Å². The van der Waals surface area contributed by atoms with Crippen LogP contribution in [0.5, 0.6) is 0 Å². The van der Waals surface area contributed by atoms with Crippen molar-refractivity contribution in [3.63, 3.8) is 0 Å². The lowest BCUT2D eigenvalue weighted by molar-refractivity contribution is -0.193. The quantitative estimate of drug-likeness (QED) is 0.570. The third-order valence-electron chi connectivity index (χ3n) is 0.794. The van der Waals surface area contributed by atoms with Crippen LogP contribution < -0.4 is 4.89 Å².